The van der Waals surface area contributed by atoms with Crippen molar-refractivity contribution in [2.75, 3.05) is 13.2 Å². The van der Waals surface area contributed by atoms with E-state index in [-0.39, 0.29) is 11.6 Å². The number of fused-ring (bicyclic) bond motifs is 1. The van der Waals surface area contributed by atoms with Crippen molar-refractivity contribution in [3.8, 4) is 0 Å². The third-order valence-corrected chi connectivity index (χ3v) is 6.06. The van der Waals surface area contributed by atoms with E-state index < -0.39 is 17.3 Å². The van der Waals surface area contributed by atoms with Gasteiger partial charge in [-0.2, -0.15) is 0 Å². The molecular formula is C19H20N4O5. The lowest BCUT2D eigenvalue weighted by Crippen LogP contribution is -2.26. The van der Waals surface area contributed by atoms with E-state index in [9.17, 15) is 14.7 Å². The fourth-order valence-electron chi connectivity index (χ4n) is 4.48. The molecular weight excluding hydrogens is 364 g/mol. The van der Waals surface area contributed by atoms with Crippen molar-refractivity contribution in [2.45, 2.75) is 37.6 Å². The first-order valence-corrected chi connectivity index (χ1v) is 9.41. The molecule has 1 aliphatic carbocycles. The van der Waals surface area contributed by atoms with Crippen LogP contribution in [0.25, 0.3) is 11.0 Å². The van der Waals surface area contributed by atoms with Crippen LogP contribution >= 0.6 is 0 Å². The minimum absolute atomic E-state index is 0.0946. The molecule has 2 fully saturated rings. The van der Waals surface area contributed by atoms with Crippen LogP contribution in [0.4, 0.5) is 0 Å². The summed E-state index contributed by atoms with van der Waals surface area (Å²) in [7, 11) is 0. The molecule has 146 valence electrons. The predicted octanol–water partition coefficient (Wildman–Crippen LogP) is 2.09. The zero-order valence-corrected chi connectivity index (χ0v) is 15.3. The molecule has 4 heterocycles. The Labute approximate surface area is 159 Å². The van der Waals surface area contributed by atoms with Crippen LogP contribution < -0.4 is 5.76 Å². The van der Waals surface area contributed by atoms with Crippen LogP contribution in [0.15, 0.2) is 27.5 Å². The largest absolute Gasteiger partial charge is 0.477 e. The van der Waals surface area contributed by atoms with Crippen molar-refractivity contribution in [2.24, 2.45) is 5.92 Å². The van der Waals surface area contributed by atoms with E-state index >= 15 is 0 Å². The van der Waals surface area contributed by atoms with Crippen molar-refractivity contribution >= 4 is 17.0 Å². The molecule has 0 amide bonds. The first-order valence-electron chi connectivity index (χ1n) is 9.41. The molecule has 28 heavy (non-hydrogen) atoms. The van der Waals surface area contributed by atoms with Crippen LogP contribution in [0.3, 0.4) is 0 Å². The Balaban J connectivity index is 1.68. The lowest BCUT2D eigenvalue weighted by atomic mass is 9.96. The van der Waals surface area contributed by atoms with Crippen molar-refractivity contribution in [3.63, 3.8) is 0 Å². The van der Waals surface area contributed by atoms with Crippen molar-refractivity contribution in [1.82, 2.24) is 19.7 Å². The van der Waals surface area contributed by atoms with Crippen molar-refractivity contribution in [1.29, 1.82) is 0 Å². The first kappa shape index (κ1) is 17.2. The molecule has 3 aromatic heterocycles. The minimum Gasteiger partial charge on any atom is -0.477 e. The number of nitrogens with zero attached hydrogens (tertiary/aromatic N) is 3. The summed E-state index contributed by atoms with van der Waals surface area (Å²) in [5.41, 5.74) is 1.67. The molecule has 5 rings (SSSR count). The lowest BCUT2D eigenvalue weighted by molar-refractivity contribution is 0.0682. The maximum absolute atomic E-state index is 12.0. The quantitative estimate of drug-likeness (QED) is 0.706. The minimum atomic E-state index is -1.05. The number of ether oxygens (including phenoxy) is 1. The van der Waals surface area contributed by atoms with E-state index in [1.54, 1.807) is 10.6 Å². The van der Waals surface area contributed by atoms with E-state index in [1.165, 1.54) is 0 Å². The Hall–Kier alpha value is -2.94. The van der Waals surface area contributed by atoms with Gasteiger partial charge in [0.15, 0.2) is 5.82 Å². The summed E-state index contributed by atoms with van der Waals surface area (Å²) >= 11 is 0. The van der Waals surface area contributed by atoms with Gasteiger partial charge in [-0.1, -0.05) is 12.1 Å². The van der Waals surface area contributed by atoms with E-state index in [0.717, 1.165) is 18.5 Å². The topological polar surface area (TPSA) is 123 Å². The molecule has 0 bridgehead atoms. The van der Waals surface area contributed by atoms with E-state index in [0.29, 0.717) is 42.4 Å². The molecule has 0 radical (unpaired) electrons. The van der Waals surface area contributed by atoms with Gasteiger partial charge in [-0.25, -0.2) is 9.59 Å². The highest BCUT2D eigenvalue weighted by Gasteiger charge is 2.59. The molecule has 0 aromatic carbocycles. The second-order valence-electron chi connectivity index (χ2n) is 7.67. The van der Waals surface area contributed by atoms with E-state index in [1.807, 2.05) is 19.1 Å². The number of aromatic amines is 1. The predicted molar refractivity (Wildman–Crippen MR) is 97.5 cm³/mol. The monoisotopic (exact) mass is 384 g/mol. The van der Waals surface area contributed by atoms with Gasteiger partial charge < -0.3 is 14.4 Å². The average molecular weight is 384 g/mol. The molecule has 0 spiro atoms. The van der Waals surface area contributed by atoms with Gasteiger partial charge in [0.1, 0.15) is 11.2 Å². The van der Waals surface area contributed by atoms with Gasteiger partial charge in [-0.15, -0.1) is 0 Å². The molecule has 9 heteroatoms. The summed E-state index contributed by atoms with van der Waals surface area (Å²) in [6, 6.07) is 5.49. The number of hydrogen-bond acceptors (Lipinski definition) is 6. The zero-order valence-electron chi connectivity index (χ0n) is 15.3. The summed E-state index contributed by atoms with van der Waals surface area (Å²) in [6.45, 7) is 3.42. The number of rotatable bonds is 4. The third-order valence-electron chi connectivity index (χ3n) is 6.06. The van der Waals surface area contributed by atoms with Crippen LogP contribution in [-0.2, 0) is 10.3 Å². The molecule has 3 aromatic rings. The fraction of sp³-hybridized carbons (Fsp3) is 0.474. The fourth-order valence-corrected chi connectivity index (χ4v) is 4.48. The number of hydrogen-bond donors (Lipinski definition) is 2. The summed E-state index contributed by atoms with van der Waals surface area (Å²) in [5.74, 6) is -0.942. The third kappa shape index (κ3) is 2.42. The molecule has 1 aliphatic heterocycles. The van der Waals surface area contributed by atoms with Crippen LogP contribution in [0.5, 0.6) is 0 Å². The Kier molecular flexibility index (Phi) is 3.70. The number of carbonyl (C=O) groups is 1. The number of nitrogens with one attached hydrogen (secondary N) is 1. The lowest BCUT2D eigenvalue weighted by Gasteiger charge is -2.22. The highest BCUT2D eigenvalue weighted by atomic mass is 16.5. The summed E-state index contributed by atoms with van der Waals surface area (Å²) in [4.78, 5) is 30.9. The molecule has 0 unspecified atom stereocenters. The smallest absolute Gasteiger partial charge is 0.438 e. The van der Waals surface area contributed by atoms with Gasteiger partial charge in [0.05, 0.1) is 11.0 Å². The number of H-pyrrole nitrogens is 1. The summed E-state index contributed by atoms with van der Waals surface area (Å²) in [5, 5.41) is 13.7. The van der Waals surface area contributed by atoms with Crippen molar-refractivity contribution in [3.05, 3.63) is 46.0 Å². The van der Waals surface area contributed by atoms with Crippen molar-refractivity contribution < 1.29 is 19.2 Å². The Morgan fingerprint density at radius 2 is 2.11 bits per heavy atom. The number of pyridine rings is 1. The number of aromatic carboxylic acids is 1. The molecule has 1 saturated heterocycles. The SMILES string of the molecule is C[C@H]1C[C@]1(c1noc(=O)[nH]1)n1c(C(=O)O)cc2nc(C3CCOCC3)ccc21. The number of aromatic nitrogens is 4. The molecule has 9 nitrogen and oxygen atoms in total. The Morgan fingerprint density at radius 1 is 1.36 bits per heavy atom. The van der Waals surface area contributed by atoms with Gasteiger partial charge >= 0.3 is 11.7 Å². The average Bonchev–Trinajstić information content (AvgIpc) is 3.05. The second-order valence-corrected chi connectivity index (χ2v) is 7.67. The Morgan fingerprint density at radius 3 is 2.71 bits per heavy atom. The maximum atomic E-state index is 12.0. The summed E-state index contributed by atoms with van der Waals surface area (Å²) < 4.78 is 11.9. The van der Waals surface area contributed by atoms with Gasteiger partial charge in [-0.3, -0.25) is 14.5 Å². The standard InChI is InChI=1S/C19H20N4O5/c1-10-9-19(10,17-21-18(26)28-22-17)23-14-3-2-12(11-4-6-27-7-5-11)20-13(14)8-15(23)16(24)25/h2-3,8,10-11H,4-7,9H2,1H3,(H,24,25)(H,21,22,26)/t10-,19-/m0/s1. The highest BCUT2D eigenvalue weighted by Crippen LogP contribution is 2.55. The van der Waals surface area contributed by atoms with Gasteiger partial charge in [-0.05, 0) is 43.4 Å². The van der Waals surface area contributed by atoms with E-state index in [4.69, 9.17) is 14.2 Å². The second kappa shape index (κ2) is 6.03. The van der Waals surface area contributed by atoms with Crippen LogP contribution in [0.1, 0.15) is 54.1 Å². The summed E-state index contributed by atoms with van der Waals surface area (Å²) in [6.07, 6.45) is 2.47. The van der Waals surface area contributed by atoms with Gasteiger partial charge in [0.25, 0.3) is 0 Å². The normalized spacial score (nSPS) is 25.2. The van der Waals surface area contributed by atoms with Crippen LogP contribution in [0, 0.1) is 5.92 Å². The first-order chi connectivity index (χ1) is 13.5. The molecule has 1 saturated carbocycles. The highest BCUT2D eigenvalue weighted by molar-refractivity contribution is 5.94. The number of carboxylic acids is 1. The number of carboxylic acid groups (broad SMARTS) is 1. The van der Waals surface area contributed by atoms with Crippen LogP contribution in [0.2, 0.25) is 0 Å². The molecule has 2 aliphatic rings. The van der Waals surface area contributed by atoms with E-state index in [2.05, 4.69) is 10.1 Å². The van der Waals surface area contributed by atoms with Gasteiger partial charge in [0.2, 0.25) is 0 Å². The van der Waals surface area contributed by atoms with Gasteiger partial charge in [0, 0.05) is 24.8 Å². The maximum Gasteiger partial charge on any atom is 0.438 e. The zero-order chi connectivity index (χ0) is 19.5. The molecule has 2 atom stereocenters. The Bertz CT molecular complexity index is 1120. The van der Waals surface area contributed by atoms with Crippen LogP contribution in [-0.4, -0.2) is 44.0 Å². The molecule has 2 N–H and O–H groups in total.